The fraction of sp³-hybridized carbons (Fsp3) is 0.158. The van der Waals surface area contributed by atoms with Crippen LogP contribution in [0.5, 0.6) is 0 Å². The van der Waals surface area contributed by atoms with Crippen LogP contribution in [0.2, 0.25) is 0 Å². The molecular weight excluding hydrogens is 352 g/mol. The van der Waals surface area contributed by atoms with Gasteiger partial charge in [-0.2, -0.15) is 0 Å². The minimum atomic E-state index is -0.0349. The largest absolute Gasteiger partial charge is 0.291 e. The summed E-state index contributed by atoms with van der Waals surface area (Å²) in [5, 5.41) is 0. The highest BCUT2D eigenvalue weighted by Crippen LogP contribution is 2.19. The minimum Gasteiger partial charge on any atom is -0.291 e. The summed E-state index contributed by atoms with van der Waals surface area (Å²) in [5.74, 6) is 0.715. The van der Waals surface area contributed by atoms with E-state index < -0.39 is 0 Å². The maximum Gasteiger partial charge on any atom is 0.268 e. The Hall–Kier alpha value is -2.20. The third-order valence-electron chi connectivity index (χ3n) is 3.78. The van der Waals surface area contributed by atoms with Gasteiger partial charge in [-0.05, 0) is 34.8 Å². The van der Waals surface area contributed by atoms with Crippen LogP contribution in [0.25, 0.3) is 11.4 Å². The molecule has 0 fully saturated rings. The van der Waals surface area contributed by atoms with Gasteiger partial charge in [0.25, 0.3) is 5.56 Å². The van der Waals surface area contributed by atoms with Gasteiger partial charge >= 0.3 is 0 Å². The van der Waals surface area contributed by atoms with E-state index in [-0.39, 0.29) is 5.56 Å². The second-order valence-corrected chi connectivity index (χ2v) is 6.19. The van der Waals surface area contributed by atoms with Crippen molar-refractivity contribution in [3.63, 3.8) is 0 Å². The number of hydrogen-bond acceptors (Lipinski definition) is 2. The molecule has 0 amide bonds. The molecule has 3 rings (SSSR count). The summed E-state index contributed by atoms with van der Waals surface area (Å²) in [5.41, 5.74) is 2.83. The molecule has 116 valence electrons. The van der Waals surface area contributed by atoms with E-state index in [0.717, 1.165) is 12.0 Å². The zero-order valence-electron chi connectivity index (χ0n) is 12.9. The smallest absolute Gasteiger partial charge is 0.268 e. The zero-order valence-corrected chi connectivity index (χ0v) is 14.5. The lowest BCUT2D eigenvalue weighted by molar-refractivity contribution is 0.657. The van der Waals surface area contributed by atoms with E-state index in [1.54, 1.807) is 4.57 Å². The van der Waals surface area contributed by atoms with E-state index >= 15 is 0 Å². The van der Waals surface area contributed by atoms with Crippen LogP contribution < -0.4 is 5.56 Å². The van der Waals surface area contributed by atoms with Crippen LogP contribution in [-0.2, 0) is 13.0 Å². The maximum absolute atomic E-state index is 12.7. The second-order valence-electron chi connectivity index (χ2n) is 5.39. The first-order chi connectivity index (χ1) is 11.2. The lowest BCUT2D eigenvalue weighted by atomic mass is 10.1. The first kappa shape index (κ1) is 15.7. The normalized spacial score (nSPS) is 10.7. The molecule has 0 aliphatic rings. The van der Waals surface area contributed by atoms with Crippen LogP contribution in [0.4, 0.5) is 0 Å². The standard InChI is InChI=1S/C19H17BrN2O/c1-14-17(20)19(23)22(13-12-15-8-4-2-5-9-15)18(21-14)16-10-6-3-7-11-16/h2-11H,12-13H2,1H3. The lowest BCUT2D eigenvalue weighted by Gasteiger charge is -2.14. The van der Waals surface area contributed by atoms with E-state index in [0.29, 0.717) is 22.5 Å². The lowest BCUT2D eigenvalue weighted by Crippen LogP contribution is -2.26. The summed E-state index contributed by atoms with van der Waals surface area (Å²) in [4.78, 5) is 17.3. The Morgan fingerprint density at radius 1 is 1.00 bits per heavy atom. The van der Waals surface area contributed by atoms with Crippen molar-refractivity contribution in [2.24, 2.45) is 0 Å². The molecule has 0 unspecified atom stereocenters. The van der Waals surface area contributed by atoms with Gasteiger partial charge in [0.2, 0.25) is 0 Å². The molecule has 0 N–H and O–H groups in total. The Bertz CT molecular complexity index is 858. The van der Waals surface area contributed by atoms with E-state index in [4.69, 9.17) is 0 Å². The van der Waals surface area contributed by atoms with E-state index in [2.05, 4.69) is 33.0 Å². The number of aryl methyl sites for hydroxylation is 2. The highest BCUT2D eigenvalue weighted by Gasteiger charge is 2.13. The average Bonchev–Trinajstić information content (AvgIpc) is 2.60. The second kappa shape index (κ2) is 6.92. The highest BCUT2D eigenvalue weighted by atomic mass is 79.9. The molecule has 0 bridgehead atoms. The quantitative estimate of drug-likeness (QED) is 0.690. The monoisotopic (exact) mass is 368 g/mol. The summed E-state index contributed by atoms with van der Waals surface area (Å²) < 4.78 is 2.28. The molecule has 0 saturated heterocycles. The van der Waals surface area contributed by atoms with Crippen LogP contribution >= 0.6 is 15.9 Å². The molecule has 3 nitrogen and oxygen atoms in total. The summed E-state index contributed by atoms with van der Waals surface area (Å²) >= 11 is 3.37. The number of hydrogen-bond donors (Lipinski definition) is 0. The maximum atomic E-state index is 12.7. The summed E-state index contributed by atoms with van der Waals surface area (Å²) in [7, 11) is 0. The molecule has 0 saturated carbocycles. The first-order valence-electron chi connectivity index (χ1n) is 7.53. The first-order valence-corrected chi connectivity index (χ1v) is 8.32. The Balaban J connectivity index is 2.04. The minimum absolute atomic E-state index is 0.0349. The van der Waals surface area contributed by atoms with Gasteiger partial charge in [-0.3, -0.25) is 9.36 Å². The zero-order chi connectivity index (χ0) is 16.2. The van der Waals surface area contributed by atoms with Crippen molar-refractivity contribution in [1.29, 1.82) is 0 Å². The number of benzene rings is 2. The Kier molecular flexibility index (Phi) is 4.72. The van der Waals surface area contributed by atoms with Crippen molar-refractivity contribution in [2.45, 2.75) is 19.9 Å². The van der Waals surface area contributed by atoms with Gasteiger partial charge in [0.1, 0.15) is 10.3 Å². The molecule has 0 aliphatic heterocycles. The number of nitrogens with zero attached hydrogens (tertiary/aromatic N) is 2. The fourth-order valence-electron chi connectivity index (χ4n) is 2.54. The third kappa shape index (κ3) is 3.42. The van der Waals surface area contributed by atoms with E-state index in [1.165, 1.54) is 5.56 Å². The van der Waals surface area contributed by atoms with Gasteiger partial charge in [0, 0.05) is 12.1 Å². The Morgan fingerprint density at radius 2 is 1.61 bits per heavy atom. The van der Waals surface area contributed by atoms with Crippen molar-refractivity contribution in [3.05, 3.63) is 86.7 Å². The van der Waals surface area contributed by atoms with Gasteiger partial charge in [0.05, 0.1) is 5.69 Å². The summed E-state index contributed by atoms with van der Waals surface area (Å²) in [6.07, 6.45) is 0.789. The van der Waals surface area contributed by atoms with Crippen molar-refractivity contribution < 1.29 is 0 Å². The Morgan fingerprint density at radius 3 is 2.26 bits per heavy atom. The van der Waals surface area contributed by atoms with Gasteiger partial charge in [-0.25, -0.2) is 4.98 Å². The molecule has 1 heterocycles. The number of halogens is 1. The van der Waals surface area contributed by atoms with Crippen molar-refractivity contribution >= 4 is 15.9 Å². The van der Waals surface area contributed by atoms with Gasteiger partial charge in [0.15, 0.2) is 0 Å². The van der Waals surface area contributed by atoms with Gasteiger partial charge in [-0.1, -0.05) is 60.7 Å². The van der Waals surface area contributed by atoms with Crippen LogP contribution in [0, 0.1) is 6.92 Å². The fourth-order valence-corrected chi connectivity index (χ4v) is 2.84. The molecule has 3 aromatic rings. The van der Waals surface area contributed by atoms with Crippen molar-refractivity contribution in [1.82, 2.24) is 9.55 Å². The number of aromatic nitrogens is 2. The number of rotatable bonds is 4. The molecule has 2 aromatic carbocycles. The van der Waals surface area contributed by atoms with Crippen LogP contribution in [-0.4, -0.2) is 9.55 Å². The van der Waals surface area contributed by atoms with Crippen molar-refractivity contribution in [2.75, 3.05) is 0 Å². The summed E-state index contributed by atoms with van der Waals surface area (Å²) in [6, 6.07) is 20.0. The highest BCUT2D eigenvalue weighted by molar-refractivity contribution is 9.10. The molecule has 0 aliphatic carbocycles. The molecule has 4 heteroatoms. The summed E-state index contributed by atoms with van der Waals surface area (Å²) in [6.45, 7) is 2.44. The van der Waals surface area contributed by atoms with Crippen LogP contribution in [0.3, 0.4) is 0 Å². The van der Waals surface area contributed by atoms with E-state index in [1.807, 2.05) is 55.5 Å². The molecular formula is C19H17BrN2O. The van der Waals surface area contributed by atoms with Gasteiger partial charge < -0.3 is 0 Å². The predicted octanol–water partition coefficient (Wildman–Crippen LogP) is 4.22. The molecule has 0 spiro atoms. The average molecular weight is 369 g/mol. The molecule has 0 radical (unpaired) electrons. The topological polar surface area (TPSA) is 34.9 Å². The van der Waals surface area contributed by atoms with E-state index in [9.17, 15) is 4.79 Å². The van der Waals surface area contributed by atoms with Crippen molar-refractivity contribution in [3.8, 4) is 11.4 Å². The molecule has 1 aromatic heterocycles. The van der Waals surface area contributed by atoms with Gasteiger partial charge in [-0.15, -0.1) is 0 Å². The molecule has 23 heavy (non-hydrogen) atoms. The molecule has 0 atom stereocenters. The van der Waals surface area contributed by atoms with Crippen LogP contribution in [0.1, 0.15) is 11.3 Å². The SMILES string of the molecule is Cc1nc(-c2ccccc2)n(CCc2ccccc2)c(=O)c1Br. The van der Waals surface area contributed by atoms with Crippen LogP contribution in [0.15, 0.2) is 69.9 Å². The predicted molar refractivity (Wildman–Crippen MR) is 96.5 cm³/mol. The Labute approximate surface area is 143 Å². The third-order valence-corrected chi connectivity index (χ3v) is 4.69.